The Kier molecular flexibility index (Phi) is 7.21. The van der Waals surface area contributed by atoms with Crippen molar-refractivity contribution in [2.75, 3.05) is 26.2 Å². The average Bonchev–Trinajstić information content (AvgIpc) is 3.22. The number of nitrogens with one attached hydrogen (secondary N) is 1. The maximum Gasteiger partial charge on any atom is 0.256 e. The molecule has 10 heteroatoms. The van der Waals surface area contributed by atoms with Gasteiger partial charge in [-0.05, 0) is 50.1 Å². The molecule has 1 atom stereocenters. The molecule has 2 aromatic carbocycles. The lowest BCUT2D eigenvalue weighted by atomic mass is 10.1. The summed E-state index contributed by atoms with van der Waals surface area (Å²) in [5.74, 6) is 0.707. The van der Waals surface area contributed by atoms with Crippen molar-refractivity contribution < 1.29 is 22.7 Å². The number of rotatable bonds is 6. The first-order chi connectivity index (χ1) is 17.9. The Bertz CT molecular complexity index is 1480. The summed E-state index contributed by atoms with van der Waals surface area (Å²) in [5, 5.41) is 2.98. The zero-order valence-corrected chi connectivity index (χ0v) is 21.6. The first-order valence-electron chi connectivity index (χ1n) is 12.7. The van der Waals surface area contributed by atoms with E-state index in [-0.39, 0.29) is 29.0 Å². The van der Waals surface area contributed by atoms with Gasteiger partial charge in [0.2, 0.25) is 15.5 Å². The molecule has 0 unspecified atom stereocenters. The van der Waals surface area contributed by atoms with Crippen molar-refractivity contribution in [3.8, 4) is 11.5 Å². The van der Waals surface area contributed by atoms with Crippen LogP contribution in [0.3, 0.4) is 0 Å². The minimum Gasteiger partial charge on any atom is -0.486 e. The predicted molar refractivity (Wildman–Crippen MR) is 140 cm³/mol. The van der Waals surface area contributed by atoms with Crippen LogP contribution in [0, 0.1) is 0 Å². The molecule has 1 N–H and O–H groups in total. The van der Waals surface area contributed by atoms with Gasteiger partial charge < -0.3 is 19.4 Å². The summed E-state index contributed by atoms with van der Waals surface area (Å²) < 4.78 is 41.6. The molecule has 9 nitrogen and oxygen atoms in total. The standard InChI is InChI=1S/C27H31N3O6S/c1-2-29-17-22(27(32)28-16-19-18-35-24-9-5-6-10-25(24)36-19)26(31)21-15-20(11-12-23(21)29)37(33,34)30-13-7-3-4-8-14-30/h5-6,9-12,15,17,19H,2-4,7-8,13-14,16,18H2,1H3,(H,28,32)/t19-/m0/s1. The number of hydrogen-bond acceptors (Lipinski definition) is 6. The fourth-order valence-electron chi connectivity index (χ4n) is 4.86. The third-order valence-electron chi connectivity index (χ3n) is 6.90. The van der Waals surface area contributed by atoms with Crippen LogP contribution < -0.4 is 20.2 Å². The number of aromatic nitrogens is 1. The third-order valence-corrected chi connectivity index (χ3v) is 8.79. The van der Waals surface area contributed by atoms with E-state index in [1.54, 1.807) is 22.8 Å². The molecular weight excluding hydrogens is 494 g/mol. The molecule has 196 valence electrons. The fraction of sp³-hybridized carbons (Fsp3) is 0.407. The van der Waals surface area contributed by atoms with E-state index in [2.05, 4.69) is 5.32 Å². The number of aryl methyl sites for hydroxylation is 1. The Morgan fingerprint density at radius 2 is 1.78 bits per heavy atom. The van der Waals surface area contributed by atoms with Crippen molar-refractivity contribution in [1.29, 1.82) is 0 Å². The van der Waals surface area contributed by atoms with E-state index in [0.29, 0.717) is 36.6 Å². The second-order valence-corrected chi connectivity index (χ2v) is 11.3. The van der Waals surface area contributed by atoms with Crippen LogP contribution >= 0.6 is 0 Å². The molecule has 3 aromatic rings. The summed E-state index contributed by atoms with van der Waals surface area (Å²) in [5.41, 5.74) is 0.0339. The monoisotopic (exact) mass is 525 g/mol. The lowest BCUT2D eigenvalue weighted by Crippen LogP contribution is -2.41. The summed E-state index contributed by atoms with van der Waals surface area (Å²) in [6, 6.07) is 11.9. The Morgan fingerprint density at radius 1 is 1.05 bits per heavy atom. The van der Waals surface area contributed by atoms with Crippen molar-refractivity contribution in [2.24, 2.45) is 0 Å². The lowest BCUT2D eigenvalue weighted by molar-refractivity contribution is 0.0788. The maximum absolute atomic E-state index is 13.4. The highest BCUT2D eigenvalue weighted by Crippen LogP contribution is 2.30. The molecular formula is C27H31N3O6S. The number of carbonyl (C=O) groups is 1. The zero-order valence-electron chi connectivity index (χ0n) is 20.8. The molecule has 5 rings (SSSR count). The Morgan fingerprint density at radius 3 is 2.51 bits per heavy atom. The lowest BCUT2D eigenvalue weighted by Gasteiger charge is -2.26. The van der Waals surface area contributed by atoms with Crippen LogP contribution in [-0.2, 0) is 16.6 Å². The van der Waals surface area contributed by atoms with Gasteiger partial charge >= 0.3 is 0 Å². The number of ether oxygens (including phenoxy) is 2. The van der Waals surface area contributed by atoms with E-state index in [0.717, 1.165) is 25.7 Å². The van der Waals surface area contributed by atoms with Crippen molar-refractivity contribution in [2.45, 2.75) is 50.2 Å². The zero-order chi connectivity index (χ0) is 26.0. The number of para-hydroxylation sites is 2. The number of benzene rings is 2. The quantitative estimate of drug-likeness (QED) is 0.530. The highest BCUT2D eigenvalue weighted by Gasteiger charge is 2.27. The minimum atomic E-state index is -3.74. The van der Waals surface area contributed by atoms with Crippen molar-refractivity contribution in [3.63, 3.8) is 0 Å². The summed E-state index contributed by atoms with van der Waals surface area (Å²) in [4.78, 5) is 26.6. The SMILES string of the molecule is CCn1cc(C(=O)NC[C@H]2COc3ccccc3O2)c(=O)c2cc(S(=O)(=O)N3CCCCCC3)ccc21. The summed E-state index contributed by atoms with van der Waals surface area (Å²) in [6.45, 7) is 3.77. The van der Waals surface area contributed by atoms with E-state index in [9.17, 15) is 18.0 Å². The fourth-order valence-corrected chi connectivity index (χ4v) is 6.40. The second kappa shape index (κ2) is 10.5. The van der Waals surface area contributed by atoms with Crippen LogP contribution in [0.5, 0.6) is 11.5 Å². The first-order valence-corrected chi connectivity index (χ1v) is 14.2. The molecule has 0 radical (unpaired) electrons. The maximum atomic E-state index is 13.4. The van der Waals surface area contributed by atoms with Gasteiger partial charge in [0.1, 0.15) is 18.3 Å². The van der Waals surface area contributed by atoms with Gasteiger partial charge in [0, 0.05) is 31.2 Å². The highest BCUT2D eigenvalue weighted by atomic mass is 32.2. The van der Waals surface area contributed by atoms with Crippen LogP contribution in [0.25, 0.3) is 10.9 Å². The van der Waals surface area contributed by atoms with Crippen LogP contribution in [0.2, 0.25) is 0 Å². The highest BCUT2D eigenvalue weighted by molar-refractivity contribution is 7.89. The Hall–Kier alpha value is -3.37. The van der Waals surface area contributed by atoms with Crippen LogP contribution in [-0.4, -0.2) is 55.5 Å². The van der Waals surface area contributed by atoms with Gasteiger partial charge in [-0.2, -0.15) is 4.31 Å². The molecule has 2 aliphatic heterocycles. The van der Waals surface area contributed by atoms with Gasteiger partial charge in [0.05, 0.1) is 17.0 Å². The third kappa shape index (κ3) is 5.08. The molecule has 1 amide bonds. The van der Waals surface area contributed by atoms with Gasteiger partial charge in [0.25, 0.3) is 5.91 Å². The topological polar surface area (TPSA) is 107 Å². The molecule has 1 aromatic heterocycles. The number of sulfonamides is 1. The molecule has 0 bridgehead atoms. The smallest absolute Gasteiger partial charge is 0.256 e. The van der Waals surface area contributed by atoms with Gasteiger partial charge in [-0.15, -0.1) is 0 Å². The molecule has 1 saturated heterocycles. The first kappa shape index (κ1) is 25.3. The summed E-state index contributed by atoms with van der Waals surface area (Å²) in [6.07, 6.45) is 4.78. The largest absolute Gasteiger partial charge is 0.486 e. The summed E-state index contributed by atoms with van der Waals surface area (Å²) >= 11 is 0. The second-order valence-electron chi connectivity index (χ2n) is 9.36. The molecule has 1 fully saturated rings. The molecule has 0 spiro atoms. The molecule has 3 heterocycles. The molecule has 0 saturated carbocycles. The number of hydrogen-bond donors (Lipinski definition) is 1. The van der Waals surface area contributed by atoms with E-state index in [1.807, 2.05) is 25.1 Å². The van der Waals surface area contributed by atoms with E-state index >= 15 is 0 Å². The van der Waals surface area contributed by atoms with Gasteiger partial charge in [0.15, 0.2) is 11.5 Å². The van der Waals surface area contributed by atoms with Gasteiger partial charge in [-0.1, -0.05) is 25.0 Å². The predicted octanol–water partition coefficient (Wildman–Crippen LogP) is 3.16. The normalized spacial score (nSPS) is 18.4. The minimum absolute atomic E-state index is 0.0456. The van der Waals surface area contributed by atoms with E-state index in [1.165, 1.54) is 16.6 Å². The Balaban J connectivity index is 1.41. The molecule has 2 aliphatic rings. The van der Waals surface area contributed by atoms with Crippen LogP contribution in [0.15, 0.2) is 58.4 Å². The van der Waals surface area contributed by atoms with E-state index < -0.39 is 27.5 Å². The van der Waals surface area contributed by atoms with Crippen molar-refractivity contribution in [3.05, 3.63) is 64.4 Å². The average molecular weight is 526 g/mol. The van der Waals surface area contributed by atoms with Crippen LogP contribution in [0.1, 0.15) is 43.0 Å². The number of carbonyl (C=O) groups excluding carboxylic acids is 1. The Labute approximate surface area is 216 Å². The van der Waals surface area contributed by atoms with Crippen molar-refractivity contribution in [1.82, 2.24) is 14.2 Å². The molecule has 37 heavy (non-hydrogen) atoms. The number of pyridine rings is 1. The number of amides is 1. The van der Waals surface area contributed by atoms with Gasteiger partial charge in [-0.3, -0.25) is 9.59 Å². The van der Waals surface area contributed by atoms with Gasteiger partial charge in [-0.25, -0.2) is 8.42 Å². The summed E-state index contributed by atoms with van der Waals surface area (Å²) in [7, 11) is -3.74. The van der Waals surface area contributed by atoms with E-state index in [4.69, 9.17) is 9.47 Å². The number of nitrogens with zero attached hydrogens (tertiary/aromatic N) is 2. The van der Waals surface area contributed by atoms with Crippen molar-refractivity contribution >= 4 is 26.8 Å². The molecule has 0 aliphatic carbocycles. The van der Waals surface area contributed by atoms with Crippen LogP contribution in [0.4, 0.5) is 0 Å². The number of fused-ring (bicyclic) bond motifs is 2.